The van der Waals surface area contributed by atoms with Gasteiger partial charge < -0.3 is 5.32 Å². The van der Waals surface area contributed by atoms with E-state index in [9.17, 15) is 0 Å². The van der Waals surface area contributed by atoms with Gasteiger partial charge in [0.1, 0.15) is 0 Å². The summed E-state index contributed by atoms with van der Waals surface area (Å²) in [5, 5.41) is 3.17. The zero-order valence-corrected chi connectivity index (χ0v) is 12.2. The van der Waals surface area contributed by atoms with Gasteiger partial charge in [0.05, 0.1) is 0 Å². The molecule has 0 atom stereocenters. The van der Waals surface area contributed by atoms with Crippen molar-refractivity contribution in [2.24, 2.45) is 5.92 Å². The van der Waals surface area contributed by atoms with Crippen LogP contribution in [-0.2, 0) is 0 Å². The highest BCUT2D eigenvalue weighted by Gasteiger charge is 1.98. The van der Waals surface area contributed by atoms with Crippen molar-refractivity contribution in [2.45, 2.75) is 68.2 Å². The Bertz CT molecular complexity index is 40.5. The maximum atomic E-state index is 3.17. The first kappa shape index (κ1) is 23.6. The monoisotopic (exact) mass is 205 g/mol. The molecule has 0 amide bonds. The summed E-state index contributed by atoms with van der Waals surface area (Å²) < 4.78 is 0. The normalized spacial score (nSPS) is 7.29. The summed E-state index contributed by atoms with van der Waals surface area (Å²) in [6.45, 7) is 17.7. The third-order valence-corrected chi connectivity index (χ3v) is 1.65. The van der Waals surface area contributed by atoms with Gasteiger partial charge in [0, 0.05) is 0 Å². The van der Waals surface area contributed by atoms with Gasteiger partial charge in [-0.1, -0.05) is 68.2 Å². The molecule has 0 bridgehead atoms. The highest BCUT2D eigenvalue weighted by Crippen LogP contribution is 2.03. The lowest BCUT2D eigenvalue weighted by Crippen LogP contribution is -2.17. The summed E-state index contributed by atoms with van der Waals surface area (Å²) in [7, 11) is 2.01. The maximum absolute atomic E-state index is 3.17. The second kappa shape index (κ2) is 38.3. The molecule has 0 aromatic rings. The summed E-state index contributed by atoms with van der Waals surface area (Å²) in [5.74, 6) is 0.889. The van der Waals surface area contributed by atoms with Crippen molar-refractivity contribution < 1.29 is 0 Å². The average Bonchev–Trinajstić information content (AvgIpc) is 2.33. The van der Waals surface area contributed by atoms with E-state index < -0.39 is 0 Å². The molecule has 92 valence electrons. The molecule has 1 nitrogen and oxygen atoms in total. The van der Waals surface area contributed by atoms with Gasteiger partial charge in [-0.15, -0.1) is 0 Å². The van der Waals surface area contributed by atoms with Gasteiger partial charge in [0.15, 0.2) is 0 Å². The molecule has 14 heavy (non-hydrogen) atoms. The van der Waals surface area contributed by atoms with Crippen LogP contribution in [0.4, 0.5) is 0 Å². The lowest BCUT2D eigenvalue weighted by atomic mass is 10.0. The molecule has 0 aliphatic rings. The van der Waals surface area contributed by atoms with Crippen LogP contribution in [0, 0.1) is 5.92 Å². The molecular formula is C13H35N. The van der Waals surface area contributed by atoms with Crippen molar-refractivity contribution in [1.29, 1.82) is 0 Å². The average molecular weight is 205 g/mol. The van der Waals surface area contributed by atoms with Gasteiger partial charge in [-0.2, -0.15) is 0 Å². The third kappa shape index (κ3) is 29.7. The van der Waals surface area contributed by atoms with Gasteiger partial charge in [-0.3, -0.25) is 0 Å². The Balaban J connectivity index is -0.0000000708. The first-order valence-corrected chi connectivity index (χ1v) is 6.49. The van der Waals surface area contributed by atoms with Crippen LogP contribution >= 0.6 is 0 Å². The van der Waals surface area contributed by atoms with Crippen LogP contribution in [0.15, 0.2) is 0 Å². The number of nitrogens with one attached hydrogen (secondary N) is 1. The Kier molecular flexibility index (Phi) is 64.6. The van der Waals surface area contributed by atoms with E-state index in [1.54, 1.807) is 0 Å². The molecule has 0 aromatic carbocycles. The van der Waals surface area contributed by atoms with Gasteiger partial charge in [0.2, 0.25) is 0 Å². The molecule has 0 heterocycles. The lowest BCUT2D eigenvalue weighted by molar-refractivity contribution is 0.469. The van der Waals surface area contributed by atoms with Crippen LogP contribution < -0.4 is 5.32 Å². The van der Waals surface area contributed by atoms with Crippen LogP contribution in [0.5, 0.6) is 0 Å². The van der Waals surface area contributed by atoms with Crippen LogP contribution in [0.1, 0.15) is 68.2 Å². The Morgan fingerprint density at radius 3 is 1.14 bits per heavy atom. The Morgan fingerprint density at radius 2 is 1.07 bits per heavy atom. The summed E-state index contributed by atoms with van der Waals surface area (Å²) in [6, 6.07) is 0. The van der Waals surface area contributed by atoms with E-state index in [1.165, 1.54) is 19.4 Å². The number of hydrogen-bond acceptors (Lipinski definition) is 1. The van der Waals surface area contributed by atoms with Crippen molar-refractivity contribution in [1.82, 2.24) is 5.32 Å². The molecule has 0 saturated carbocycles. The van der Waals surface area contributed by atoms with Crippen molar-refractivity contribution in [3.8, 4) is 0 Å². The first-order chi connectivity index (χ1) is 6.85. The zero-order valence-electron chi connectivity index (χ0n) is 12.2. The zero-order chi connectivity index (χ0) is 12.4. The second-order valence-corrected chi connectivity index (χ2v) is 2.24. The van der Waals surface area contributed by atoms with E-state index in [2.05, 4.69) is 19.2 Å². The molecule has 0 unspecified atom stereocenters. The van der Waals surface area contributed by atoms with Gasteiger partial charge in [-0.25, -0.2) is 0 Å². The van der Waals surface area contributed by atoms with E-state index in [-0.39, 0.29) is 0 Å². The minimum atomic E-state index is 0.889. The quantitative estimate of drug-likeness (QED) is 0.700. The molecule has 0 rings (SSSR count). The molecule has 0 aliphatic carbocycles. The Morgan fingerprint density at radius 1 is 0.786 bits per heavy atom. The van der Waals surface area contributed by atoms with E-state index in [0.29, 0.717) is 0 Å². The van der Waals surface area contributed by atoms with Crippen molar-refractivity contribution >= 4 is 0 Å². The summed E-state index contributed by atoms with van der Waals surface area (Å²) >= 11 is 0. The standard InChI is InChI=1S/C7H17N.3C2H6/c1-4-7(5-2)6-8-3;3*1-2/h7-8H,4-6H2,1-3H3;3*1-2H3. The Labute approximate surface area is 93.7 Å². The fourth-order valence-corrected chi connectivity index (χ4v) is 0.866. The molecule has 0 aromatic heterocycles. The minimum absolute atomic E-state index is 0.889. The van der Waals surface area contributed by atoms with Crippen molar-refractivity contribution in [3.05, 3.63) is 0 Å². The molecular weight excluding hydrogens is 170 g/mol. The summed E-state index contributed by atoms with van der Waals surface area (Å²) in [6.07, 6.45) is 2.61. The van der Waals surface area contributed by atoms with Crippen LogP contribution in [0.25, 0.3) is 0 Å². The van der Waals surface area contributed by atoms with Crippen LogP contribution in [0.2, 0.25) is 0 Å². The van der Waals surface area contributed by atoms with Gasteiger partial charge in [0.25, 0.3) is 0 Å². The fourth-order valence-electron chi connectivity index (χ4n) is 0.866. The van der Waals surface area contributed by atoms with Gasteiger partial charge >= 0.3 is 0 Å². The van der Waals surface area contributed by atoms with Gasteiger partial charge in [-0.05, 0) is 19.5 Å². The molecule has 1 heteroatoms. The molecule has 0 radical (unpaired) electrons. The van der Waals surface area contributed by atoms with E-state index in [1.807, 2.05) is 48.6 Å². The predicted octanol–water partition coefficient (Wildman–Crippen LogP) is 4.72. The molecule has 1 N–H and O–H groups in total. The van der Waals surface area contributed by atoms with Crippen molar-refractivity contribution in [2.75, 3.05) is 13.6 Å². The molecule has 0 spiro atoms. The molecule has 0 saturated heterocycles. The van der Waals surface area contributed by atoms with E-state index in [4.69, 9.17) is 0 Å². The highest BCUT2D eigenvalue weighted by molar-refractivity contribution is 4.54. The minimum Gasteiger partial charge on any atom is -0.319 e. The predicted molar refractivity (Wildman–Crippen MR) is 72.0 cm³/mol. The number of hydrogen-bond donors (Lipinski definition) is 1. The Hall–Kier alpha value is -0.0400. The number of rotatable bonds is 4. The van der Waals surface area contributed by atoms with Crippen molar-refractivity contribution in [3.63, 3.8) is 0 Å². The van der Waals surface area contributed by atoms with Crippen LogP contribution in [-0.4, -0.2) is 13.6 Å². The smallest absolute Gasteiger partial charge is 0.00237 e. The molecule has 0 fully saturated rings. The van der Waals surface area contributed by atoms with E-state index >= 15 is 0 Å². The maximum Gasteiger partial charge on any atom is -0.00237 e. The highest BCUT2D eigenvalue weighted by atomic mass is 14.8. The lowest BCUT2D eigenvalue weighted by Gasteiger charge is -2.09. The van der Waals surface area contributed by atoms with Crippen LogP contribution in [0.3, 0.4) is 0 Å². The van der Waals surface area contributed by atoms with E-state index in [0.717, 1.165) is 5.92 Å². The first-order valence-electron chi connectivity index (χ1n) is 6.49. The SMILES string of the molecule is CC.CC.CC.CCC(CC)CNC. The largest absolute Gasteiger partial charge is 0.319 e. The summed E-state index contributed by atoms with van der Waals surface area (Å²) in [4.78, 5) is 0. The fraction of sp³-hybridized carbons (Fsp3) is 1.00. The topological polar surface area (TPSA) is 12.0 Å². The molecule has 0 aliphatic heterocycles. The third-order valence-electron chi connectivity index (χ3n) is 1.65. The second-order valence-electron chi connectivity index (χ2n) is 2.24. The summed E-state index contributed by atoms with van der Waals surface area (Å²) in [5.41, 5.74) is 0.